The maximum absolute atomic E-state index is 12.7. The highest BCUT2D eigenvalue weighted by Crippen LogP contribution is 2.51. The first-order chi connectivity index (χ1) is 32.8. The molecule has 366 valence electrons. The summed E-state index contributed by atoms with van der Waals surface area (Å²) >= 11 is 0.506. The molecule has 70 heavy (non-hydrogen) atoms. The highest BCUT2D eigenvalue weighted by Gasteiger charge is 2.28. The van der Waals surface area contributed by atoms with Crippen LogP contribution in [0.3, 0.4) is 0 Å². The van der Waals surface area contributed by atoms with Crippen LogP contribution in [0, 0.1) is 0 Å². The molecule has 7 rings (SSSR count). The van der Waals surface area contributed by atoms with E-state index in [-0.39, 0.29) is 60.4 Å². The lowest BCUT2D eigenvalue weighted by atomic mass is 10.0. The van der Waals surface area contributed by atoms with Gasteiger partial charge in [0, 0.05) is 22.2 Å². The summed E-state index contributed by atoms with van der Waals surface area (Å²) in [5.41, 5.74) is 2.57. The van der Waals surface area contributed by atoms with E-state index in [0.29, 0.717) is 24.2 Å². The maximum atomic E-state index is 12.7. The van der Waals surface area contributed by atoms with Crippen LogP contribution in [0.5, 0.6) is 17.2 Å². The lowest BCUT2D eigenvalue weighted by Gasteiger charge is -2.14. The molecular formula is C36H25N7O21S6. The first-order valence-corrected chi connectivity index (χ1v) is 25.3. The Morgan fingerprint density at radius 3 is 1.69 bits per heavy atom. The summed E-state index contributed by atoms with van der Waals surface area (Å²) in [6.07, 6.45) is 0. The number of nitrogen functional groups attached to an aromatic ring is 1. The molecule has 0 aliphatic heterocycles. The minimum absolute atomic E-state index is 0.0281. The van der Waals surface area contributed by atoms with E-state index in [4.69, 9.17) is 16.2 Å². The van der Waals surface area contributed by atoms with Crippen molar-refractivity contribution in [3.05, 3.63) is 84.9 Å². The number of nitrogens with two attached hydrogens (primary N) is 1. The van der Waals surface area contributed by atoms with Gasteiger partial charge in [0.1, 0.15) is 48.9 Å². The average Bonchev–Trinajstić information content (AvgIpc) is 3.27. The summed E-state index contributed by atoms with van der Waals surface area (Å²) < 4.78 is 147. The number of aromatic hydroxyl groups is 3. The minimum atomic E-state index is -5.43. The lowest BCUT2D eigenvalue weighted by molar-refractivity contribution is -0.432. The van der Waals surface area contributed by atoms with E-state index in [1.54, 1.807) is 0 Å². The van der Waals surface area contributed by atoms with Crippen molar-refractivity contribution in [2.75, 3.05) is 5.73 Å². The smallest absolute Gasteiger partial charge is 0.297 e. The molecule has 0 saturated heterocycles. The van der Waals surface area contributed by atoms with E-state index in [0.717, 1.165) is 30.3 Å². The molecule has 0 aliphatic rings. The van der Waals surface area contributed by atoms with Crippen LogP contribution in [-0.4, -0.2) is 77.7 Å². The highest BCUT2D eigenvalue weighted by atomic mass is 32.2. The number of phenolic OH excluding ortho intramolecular Hbond substituents is 3. The van der Waals surface area contributed by atoms with Gasteiger partial charge in [-0.3, -0.25) is 18.2 Å². The Bertz CT molecular complexity index is 3880. The van der Waals surface area contributed by atoms with Crippen LogP contribution in [-0.2, 0) is 59.2 Å². The molecule has 0 atom stereocenters. The van der Waals surface area contributed by atoms with Crippen molar-refractivity contribution in [3.8, 4) is 17.2 Å². The van der Waals surface area contributed by atoms with Gasteiger partial charge in [-0.25, -0.2) is 10.5 Å². The summed E-state index contributed by atoms with van der Waals surface area (Å²) in [7, 11) is -20.6. The van der Waals surface area contributed by atoms with Gasteiger partial charge in [-0.15, -0.1) is 34.2 Å². The zero-order valence-corrected chi connectivity index (χ0v) is 38.6. The molecule has 0 radical (unpaired) electrons. The molecule has 11 N–H and O–H groups in total. The molecule has 0 aromatic heterocycles. The van der Waals surface area contributed by atoms with Gasteiger partial charge in [-0.1, -0.05) is 22.2 Å². The number of phenols is 3. The fourth-order valence-electron chi connectivity index (χ4n) is 6.56. The molecule has 34 heteroatoms. The van der Waals surface area contributed by atoms with E-state index in [2.05, 4.69) is 49.4 Å². The zero-order valence-electron chi connectivity index (χ0n) is 33.7. The van der Waals surface area contributed by atoms with Crippen LogP contribution in [0.25, 0.3) is 32.3 Å². The molecule has 0 unspecified atom stereocenters. The Labute approximate surface area is 399 Å². The van der Waals surface area contributed by atoms with Crippen LogP contribution in [0.1, 0.15) is 0 Å². The summed E-state index contributed by atoms with van der Waals surface area (Å²) in [6, 6.07) is 15.0. The second kappa shape index (κ2) is 19.7. The molecule has 7 aromatic carbocycles. The lowest BCUT2D eigenvalue weighted by Crippen LogP contribution is -2.03. The van der Waals surface area contributed by atoms with Gasteiger partial charge >= 0.3 is 0 Å². The van der Waals surface area contributed by atoms with E-state index in [9.17, 15) is 67.2 Å². The summed E-state index contributed by atoms with van der Waals surface area (Å²) in [5, 5.41) is 80.2. The molecule has 0 fully saturated rings. The third-order valence-corrected chi connectivity index (χ3v) is 14.2. The quantitative estimate of drug-likeness (QED) is 0.0108. The second-order valence-corrected chi connectivity index (χ2v) is 20.7. The Morgan fingerprint density at radius 1 is 0.500 bits per heavy atom. The molecule has 0 spiro atoms. The number of nitrogens with zero attached hydrogens (tertiary/aromatic N) is 6. The Kier molecular flexibility index (Phi) is 14.4. The molecule has 0 amide bonds. The Morgan fingerprint density at radius 2 is 1.07 bits per heavy atom. The van der Waals surface area contributed by atoms with Gasteiger partial charge in [-0.05, 0) is 77.5 Å². The largest absolute Gasteiger partial charge is 0.507 e. The number of rotatable bonds is 16. The van der Waals surface area contributed by atoms with E-state index >= 15 is 0 Å². The van der Waals surface area contributed by atoms with Crippen molar-refractivity contribution < 1.29 is 96.5 Å². The Balaban J connectivity index is 1.36. The summed E-state index contributed by atoms with van der Waals surface area (Å²) in [6.45, 7) is 0. The van der Waals surface area contributed by atoms with Crippen LogP contribution in [0.2, 0.25) is 0 Å². The number of azo groups is 3. The van der Waals surface area contributed by atoms with Crippen LogP contribution >= 0.6 is 24.1 Å². The molecular weight excluding hydrogens is 1060 g/mol. The van der Waals surface area contributed by atoms with Gasteiger partial charge in [-0.2, -0.15) is 38.8 Å². The number of benzene rings is 7. The molecule has 0 aliphatic carbocycles. The van der Waals surface area contributed by atoms with Crippen molar-refractivity contribution in [1.29, 1.82) is 0 Å². The van der Waals surface area contributed by atoms with Gasteiger partial charge in [0.2, 0.25) is 0 Å². The number of hydrogen-bond acceptors (Lipinski definition) is 26. The van der Waals surface area contributed by atoms with Crippen molar-refractivity contribution in [1.82, 2.24) is 0 Å². The highest BCUT2D eigenvalue weighted by molar-refractivity contribution is 7.95. The van der Waals surface area contributed by atoms with Gasteiger partial charge in [0.25, 0.3) is 40.5 Å². The zero-order chi connectivity index (χ0) is 51.1. The standard InChI is InChI=1S/C36H25N7O21S6/c37-30-29-16(12-28(69(55,56)57)33(30)43-40-23-8-7-20-21(36(23)70(58,59)60)13-18(14-24(20)44)67(49,50)51)11-26(66-64-62-48)32(35(29)46)41-38-17-5-6-19-15(9-17)10-25(65-63-61-47)31(34(19)45)42-39-22-3-1-2-4-27(22)68(52,53)54/h1-14,44-48H,37H2,(H,49,50,51)(H,52,53,54)(H,55,56,57)(H,58,59,60). The molecule has 7 aromatic rings. The predicted molar refractivity (Wildman–Crippen MR) is 241 cm³/mol. The van der Waals surface area contributed by atoms with Crippen molar-refractivity contribution in [3.63, 3.8) is 0 Å². The number of hydrogen-bond donors (Lipinski definition) is 10. The summed E-state index contributed by atoms with van der Waals surface area (Å²) in [5.74, 6) is -2.35. The van der Waals surface area contributed by atoms with Crippen molar-refractivity contribution in [2.45, 2.75) is 29.4 Å². The van der Waals surface area contributed by atoms with Gasteiger partial charge in [0.05, 0.1) is 55.5 Å². The van der Waals surface area contributed by atoms with Crippen LogP contribution in [0.15, 0.2) is 145 Å². The third-order valence-electron chi connectivity index (χ3n) is 9.43. The first kappa shape index (κ1) is 51.3. The molecule has 0 bridgehead atoms. The topological polar surface area (TPSA) is 456 Å². The van der Waals surface area contributed by atoms with Crippen molar-refractivity contribution >= 4 is 137 Å². The van der Waals surface area contributed by atoms with Crippen molar-refractivity contribution in [2.24, 2.45) is 30.7 Å². The van der Waals surface area contributed by atoms with Gasteiger partial charge < -0.3 is 21.1 Å². The minimum Gasteiger partial charge on any atom is -0.507 e. The average molecular weight is 1080 g/mol. The Hall–Kier alpha value is -6.58. The van der Waals surface area contributed by atoms with Gasteiger partial charge in [0.15, 0.2) is 11.5 Å². The molecule has 0 heterocycles. The van der Waals surface area contributed by atoms with E-state index in [1.807, 2.05) is 0 Å². The monoisotopic (exact) mass is 1080 g/mol. The van der Waals surface area contributed by atoms with Crippen LogP contribution < -0.4 is 5.73 Å². The second-order valence-electron chi connectivity index (χ2n) is 13.7. The number of fused-ring (bicyclic) bond motifs is 3. The molecule has 0 saturated carbocycles. The SMILES string of the molecule is Nc1c(N=Nc2ccc3c(O)cc(S(=O)(=O)O)cc3c2S(=O)(=O)O)c(S(=O)(=O)O)cc2cc(SOOO)c(N=Nc3ccc4c(O)c(N=Nc5ccccc5S(=O)(=O)O)c(SOOO)cc4c3)c(O)c12. The molecule has 28 nitrogen and oxygen atoms in total. The fourth-order valence-corrected chi connectivity index (χ4v) is 10.2. The number of anilines is 1. The predicted octanol–water partition coefficient (Wildman–Crippen LogP) is 8.93. The summed E-state index contributed by atoms with van der Waals surface area (Å²) in [4.78, 5) is -4.29. The maximum Gasteiger partial charge on any atom is 0.297 e. The third kappa shape index (κ3) is 10.6. The fraction of sp³-hybridized carbons (Fsp3) is 0. The van der Waals surface area contributed by atoms with Crippen LogP contribution in [0.4, 0.5) is 39.8 Å². The first-order valence-electron chi connectivity index (χ1n) is 18.1. The van der Waals surface area contributed by atoms with E-state index in [1.165, 1.54) is 42.5 Å². The van der Waals surface area contributed by atoms with E-state index < -0.39 is 111 Å². The normalized spacial score (nSPS) is 13.0.